The molecule has 0 bridgehead atoms. The zero-order chi connectivity index (χ0) is 13.7. The molecule has 2 rings (SSSR count). The second kappa shape index (κ2) is 6.22. The van der Waals surface area contributed by atoms with Crippen molar-refractivity contribution in [3.8, 4) is 5.75 Å². The van der Waals surface area contributed by atoms with Gasteiger partial charge in [0.2, 0.25) is 5.91 Å². The fraction of sp³-hybridized carbons (Fsp3) is 0.429. The number of para-hydroxylation sites is 2. The van der Waals surface area contributed by atoms with Crippen LogP contribution in [0.3, 0.4) is 0 Å². The zero-order valence-electron chi connectivity index (χ0n) is 11.0. The van der Waals surface area contributed by atoms with Gasteiger partial charge in [-0.2, -0.15) is 0 Å². The first-order valence-electron chi connectivity index (χ1n) is 6.51. The van der Waals surface area contributed by atoms with E-state index in [4.69, 9.17) is 4.74 Å². The molecule has 1 aromatic carbocycles. The van der Waals surface area contributed by atoms with Gasteiger partial charge in [0.05, 0.1) is 5.69 Å². The number of nitrogens with one attached hydrogen (secondary N) is 1. The summed E-state index contributed by atoms with van der Waals surface area (Å²) in [7, 11) is 0. The number of ether oxygens (including phenoxy) is 1. The van der Waals surface area contributed by atoms with Gasteiger partial charge in [0, 0.05) is 19.5 Å². The Morgan fingerprint density at radius 2 is 2.21 bits per heavy atom. The molecule has 0 aromatic heterocycles. The Morgan fingerprint density at radius 1 is 1.42 bits per heavy atom. The van der Waals surface area contributed by atoms with Crippen molar-refractivity contribution in [2.24, 2.45) is 0 Å². The molecule has 1 heterocycles. The molecule has 102 valence electrons. The van der Waals surface area contributed by atoms with Gasteiger partial charge in [0.15, 0.2) is 6.61 Å². The SMILES string of the molecule is CCCC(=O)NCCN1C(=O)COc2ccccc21. The third-order valence-corrected chi connectivity index (χ3v) is 2.94. The van der Waals surface area contributed by atoms with E-state index < -0.39 is 0 Å². The van der Waals surface area contributed by atoms with Crippen molar-refractivity contribution >= 4 is 17.5 Å². The van der Waals surface area contributed by atoms with Crippen molar-refractivity contribution in [1.29, 1.82) is 0 Å². The van der Waals surface area contributed by atoms with E-state index in [2.05, 4.69) is 5.32 Å². The van der Waals surface area contributed by atoms with E-state index in [0.717, 1.165) is 12.1 Å². The Hall–Kier alpha value is -2.04. The number of carbonyl (C=O) groups excluding carboxylic acids is 2. The summed E-state index contributed by atoms with van der Waals surface area (Å²) >= 11 is 0. The van der Waals surface area contributed by atoms with Gasteiger partial charge < -0.3 is 15.0 Å². The van der Waals surface area contributed by atoms with Crippen LogP contribution in [0.15, 0.2) is 24.3 Å². The van der Waals surface area contributed by atoms with Gasteiger partial charge in [-0.1, -0.05) is 19.1 Å². The van der Waals surface area contributed by atoms with Crippen molar-refractivity contribution in [2.75, 3.05) is 24.6 Å². The molecule has 0 atom stereocenters. The Labute approximate surface area is 112 Å². The first-order valence-corrected chi connectivity index (χ1v) is 6.51. The molecular weight excluding hydrogens is 244 g/mol. The van der Waals surface area contributed by atoms with Crippen LogP contribution in [-0.4, -0.2) is 31.5 Å². The maximum Gasteiger partial charge on any atom is 0.265 e. The van der Waals surface area contributed by atoms with Gasteiger partial charge in [0.1, 0.15) is 5.75 Å². The van der Waals surface area contributed by atoms with Crippen LogP contribution in [-0.2, 0) is 9.59 Å². The van der Waals surface area contributed by atoms with Crippen LogP contribution in [0.4, 0.5) is 5.69 Å². The van der Waals surface area contributed by atoms with Crippen LogP contribution in [0.25, 0.3) is 0 Å². The van der Waals surface area contributed by atoms with Gasteiger partial charge in [0.25, 0.3) is 5.91 Å². The number of benzene rings is 1. The molecule has 0 fully saturated rings. The fourth-order valence-electron chi connectivity index (χ4n) is 2.02. The van der Waals surface area contributed by atoms with Crippen LogP contribution in [0.5, 0.6) is 5.75 Å². The Kier molecular flexibility index (Phi) is 4.39. The van der Waals surface area contributed by atoms with E-state index >= 15 is 0 Å². The van der Waals surface area contributed by atoms with Gasteiger partial charge in [-0.05, 0) is 18.6 Å². The monoisotopic (exact) mass is 262 g/mol. The van der Waals surface area contributed by atoms with Crippen molar-refractivity contribution in [2.45, 2.75) is 19.8 Å². The minimum Gasteiger partial charge on any atom is -0.482 e. The smallest absolute Gasteiger partial charge is 0.265 e. The lowest BCUT2D eigenvalue weighted by Crippen LogP contribution is -2.43. The molecule has 0 saturated carbocycles. The largest absolute Gasteiger partial charge is 0.482 e. The second-order valence-electron chi connectivity index (χ2n) is 4.40. The van der Waals surface area contributed by atoms with E-state index in [1.54, 1.807) is 4.90 Å². The maximum absolute atomic E-state index is 11.8. The maximum atomic E-state index is 11.8. The Morgan fingerprint density at radius 3 is 3.00 bits per heavy atom. The molecule has 0 radical (unpaired) electrons. The molecule has 5 heteroatoms. The van der Waals surface area contributed by atoms with Crippen LogP contribution in [0.1, 0.15) is 19.8 Å². The highest BCUT2D eigenvalue weighted by molar-refractivity contribution is 5.97. The molecule has 19 heavy (non-hydrogen) atoms. The number of nitrogens with zero attached hydrogens (tertiary/aromatic N) is 1. The highest BCUT2D eigenvalue weighted by Gasteiger charge is 2.24. The minimum absolute atomic E-state index is 0.0245. The first kappa shape index (κ1) is 13.4. The van der Waals surface area contributed by atoms with Gasteiger partial charge in [-0.3, -0.25) is 9.59 Å². The lowest BCUT2D eigenvalue weighted by molar-refractivity contribution is -0.122. The standard InChI is InChI=1S/C14H18N2O3/c1-2-5-13(17)15-8-9-16-11-6-3-4-7-12(11)19-10-14(16)18/h3-4,6-7H,2,5,8-10H2,1H3,(H,15,17). The number of hydrogen-bond acceptors (Lipinski definition) is 3. The average Bonchev–Trinajstić information content (AvgIpc) is 2.41. The van der Waals surface area contributed by atoms with E-state index in [1.807, 2.05) is 31.2 Å². The fourth-order valence-corrected chi connectivity index (χ4v) is 2.02. The lowest BCUT2D eigenvalue weighted by atomic mass is 10.2. The molecule has 1 aliphatic heterocycles. The Balaban J connectivity index is 1.96. The van der Waals surface area contributed by atoms with E-state index in [-0.39, 0.29) is 18.4 Å². The summed E-state index contributed by atoms with van der Waals surface area (Å²) in [5.74, 6) is 0.655. The number of rotatable bonds is 5. The van der Waals surface area contributed by atoms with E-state index in [0.29, 0.717) is 25.3 Å². The molecule has 5 nitrogen and oxygen atoms in total. The molecule has 1 aliphatic rings. The summed E-state index contributed by atoms with van der Waals surface area (Å²) in [6.07, 6.45) is 1.35. The number of carbonyl (C=O) groups is 2. The highest BCUT2D eigenvalue weighted by atomic mass is 16.5. The van der Waals surface area contributed by atoms with Gasteiger partial charge in [-0.25, -0.2) is 0 Å². The summed E-state index contributed by atoms with van der Waals surface area (Å²) in [6, 6.07) is 7.42. The molecule has 1 aromatic rings. The normalized spacial score (nSPS) is 13.7. The Bertz CT molecular complexity index is 474. The van der Waals surface area contributed by atoms with E-state index in [1.165, 1.54) is 0 Å². The molecule has 1 N–H and O–H groups in total. The van der Waals surface area contributed by atoms with Gasteiger partial charge in [-0.15, -0.1) is 0 Å². The highest BCUT2D eigenvalue weighted by Crippen LogP contribution is 2.30. The summed E-state index contributed by atoms with van der Waals surface area (Å²) in [5, 5.41) is 2.81. The average molecular weight is 262 g/mol. The predicted octanol–water partition coefficient (Wildman–Crippen LogP) is 1.33. The molecule has 0 aliphatic carbocycles. The summed E-state index contributed by atoms with van der Waals surface area (Å²) in [4.78, 5) is 24.9. The quantitative estimate of drug-likeness (QED) is 0.871. The van der Waals surface area contributed by atoms with E-state index in [9.17, 15) is 9.59 Å². The number of anilines is 1. The van der Waals surface area contributed by atoms with Crippen molar-refractivity contribution in [3.05, 3.63) is 24.3 Å². The minimum atomic E-state index is -0.0801. The molecule has 0 unspecified atom stereocenters. The number of hydrogen-bond donors (Lipinski definition) is 1. The first-order chi connectivity index (χ1) is 9.22. The van der Waals surface area contributed by atoms with Crippen LogP contribution < -0.4 is 15.0 Å². The number of fused-ring (bicyclic) bond motifs is 1. The molecular formula is C14H18N2O3. The second-order valence-corrected chi connectivity index (χ2v) is 4.40. The molecule has 0 spiro atoms. The summed E-state index contributed by atoms with van der Waals surface area (Å²) in [6.45, 7) is 2.94. The summed E-state index contributed by atoms with van der Waals surface area (Å²) in [5.41, 5.74) is 0.767. The summed E-state index contributed by atoms with van der Waals surface area (Å²) < 4.78 is 5.35. The lowest BCUT2D eigenvalue weighted by Gasteiger charge is -2.29. The van der Waals surface area contributed by atoms with Crippen molar-refractivity contribution in [1.82, 2.24) is 5.32 Å². The number of amides is 2. The predicted molar refractivity (Wildman–Crippen MR) is 72.2 cm³/mol. The van der Waals surface area contributed by atoms with Crippen LogP contribution in [0.2, 0.25) is 0 Å². The van der Waals surface area contributed by atoms with Crippen molar-refractivity contribution in [3.63, 3.8) is 0 Å². The van der Waals surface area contributed by atoms with Crippen LogP contribution >= 0.6 is 0 Å². The van der Waals surface area contributed by atoms with Gasteiger partial charge >= 0.3 is 0 Å². The molecule has 0 saturated heterocycles. The third-order valence-electron chi connectivity index (χ3n) is 2.94. The topological polar surface area (TPSA) is 58.6 Å². The van der Waals surface area contributed by atoms with Crippen LogP contribution in [0, 0.1) is 0 Å². The third kappa shape index (κ3) is 3.24. The zero-order valence-corrected chi connectivity index (χ0v) is 11.0. The molecule has 2 amide bonds. The van der Waals surface area contributed by atoms with Crippen molar-refractivity contribution < 1.29 is 14.3 Å².